The predicted octanol–water partition coefficient (Wildman–Crippen LogP) is 2.98. The minimum Gasteiger partial charge on any atom is -0.481 e. The Morgan fingerprint density at radius 1 is 1.25 bits per heavy atom. The molecule has 3 rings (SSSR count). The van der Waals surface area contributed by atoms with E-state index in [4.69, 9.17) is 0 Å². The highest BCUT2D eigenvalue weighted by Gasteiger charge is 2.42. The zero-order valence-electron chi connectivity index (χ0n) is 11.5. The molecule has 4 heteroatoms. The molecular weight excluding hydrogens is 252 g/mol. The summed E-state index contributed by atoms with van der Waals surface area (Å²) in [5, 5.41) is 9.60. The second kappa shape index (κ2) is 4.78. The molecule has 0 saturated heterocycles. The molecule has 1 aromatic carbocycles. The molecule has 0 unspecified atom stereocenters. The van der Waals surface area contributed by atoms with Crippen molar-refractivity contribution in [3.8, 4) is 11.4 Å². The molecule has 2 aromatic rings. The SMILES string of the molecule is Cn1ccnc1-c1ccc(C2(C(=O)O)CCCC2)cc1. The van der Waals surface area contributed by atoms with Gasteiger partial charge in [-0.2, -0.15) is 0 Å². The number of nitrogens with zero attached hydrogens (tertiary/aromatic N) is 2. The van der Waals surface area contributed by atoms with E-state index in [0.717, 1.165) is 42.6 Å². The maximum absolute atomic E-state index is 11.7. The average molecular weight is 270 g/mol. The Bertz CT molecular complexity index is 622. The van der Waals surface area contributed by atoms with Crippen molar-refractivity contribution in [2.24, 2.45) is 7.05 Å². The fraction of sp³-hybridized carbons (Fsp3) is 0.375. The van der Waals surface area contributed by atoms with Gasteiger partial charge in [-0.25, -0.2) is 4.98 Å². The van der Waals surface area contributed by atoms with Crippen LogP contribution in [-0.4, -0.2) is 20.6 Å². The summed E-state index contributed by atoms with van der Waals surface area (Å²) in [7, 11) is 1.95. The molecule has 1 aliphatic rings. The number of carboxylic acid groups (broad SMARTS) is 1. The second-order valence-corrected chi connectivity index (χ2v) is 5.53. The highest BCUT2D eigenvalue weighted by atomic mass is 16.4. The van der Waals surface area contributed by atoms with Crippen LogP contribution in [0.3, 0.4) is 0 Å². The van der Waals surface area contributed by atoms with Gasteiger partial charge in [0.25, 0.3) is 0 Å². The molecule has 1 saturated carbocycles. The van der Waals surface area contributed by atoms with E-state index < -0.39 is 11.4 Å². The third-order valence-corrected chi connectivity index (χ3v) is 4.38. The lowest BCUT2D eigenvalue weighted by Crippen LogP contribution is -2.32. The Kier molecular flexibility index (Phi) is 3.08. The van der Waals surface area contributed by atoms with E-state index in [1.807, 2.05) is 42.1 Å². The van der Waals surface area contributed by atoms with Crippen LogP contribution in [0.4, 0.5) is 0 Å². The van der Waals surface area contributed by atoms with Crippen molar-refractivity contribution in [2.45, 2.75) is 31.1 Å². The molecule has 1 N–H and O–H groups in total. The van der Waals surface area contributed by atoms with Gasteiger partial charge in [-0.15, -0.1) is 0 Å². The number of hydrogen-bond acceptors (Lipinski definition) is 2. The van der Waals surface area contributed by atoms with Gasteiger partial charge in [-0.3, -0.25) is 4.79 Å². The Labute approximate surface area is 118 Å². The largest absolute Gasteiger partial charge is 0.481 e. The number of aryl methyl sites for hydroxylation is 1. The van der Waals surface area contributed by atoms with Gasteiger partial charge in [0.1, 0.15) is 5.82 Å². The van der Waals surface area contributed by atoms with Gasteiger partial charge in [-0.1, -0.05) is 37.1 Å². The van der Waals surface area contributed by atoms with Crippen molar-refractivity contribution in [1.82, 2.24) is 9.55 Å². The lowest BCUT2D eigenvalue weighted by molar-refractivity contribution is -0.143. The fourth-order valence-corrected chi connectivity index (χ4v) is 3.19. The molecule has 0 atom stereocenters. The van der Waals surface area contributed by atoms with Crippen LogP contribution in [0.5, 0.6) is 0 Å². The number of imidazole rings is 1. The molecule has 1 heterocycles. The first-order chi connectivity index (χ1) is 9.63. The van der Waals surface area contributed by atoms with E-state index in [-0.39, 0.29) is 0 Å². The molecular formula is C16H18N2O2. The summed E-state index contributed by atoms with van der Waals surface area (Å²) in [6.45, 7) is 0. The molecule has 20 heavy (non-hydrogen) atoms. The Morgan fingerprint density at radius 3 is 2.40 bits per heavy atom. The van der Waals surface area contributed by atoms with E-state index in [0.29, 0.717) is 0 Å². The van der Waals surface area contributed by atoms with Gasteiger partial charge < -0.3 is 9.67 Å². The molecule has 0 spiro atoms. The van der Waals surface area contributed by atoms with Crippen LogP contribution in [0.15, 0.2) is 36.7 Å². The number of hydrogen-bond donors (Lipinski definition) is 1. The number of rotatable bonds is 3. The quantitative estimate of drug-likeness (QED) is 0.932. The van der Waals surface area contributed by atoms with Crippen molar-refractivity contribution < 1.29 is 9.90 Å². The highest BCUT2D eigenvalue weighted by molar-refractivity contribution is 5.82. The smallest absolute Gasteiger partial charge is 0.314 e. The molecule has 1 aromatic heterocycles. The van der Waals surface area contributed by atoms with Gasteiger partial charge in [0.05, 0.1) is 5.41 Å². The first kappa shape index (κ1) is 12.9. The van der Waals surface area contributed by atoms with Crippen LogP contribution >= 0.6 is 0 Å². The number of aromatic nitrogens is 2. The standard InChI is InChI=1S/C16H18N2O2/c1-18-11-10-17-14(18)12-4-6-13(7-5-12)16(15(19)20)8-2-3-9-16/h4-7,10-11H,2-3,8-9H2,1H3,(H,19,20). The van der Waals surface area contributed by atoms with Gasteiger partial charge >= 0.3 is 5.97 Å². The summed E-state index contributed by atoms with van der Waals surface area (Å²) in [6, 6.07) is 7.84. The zero-order chi connectivity index (χ0) is 14.2. The average Bonchev–Trinajstić information content (AvgIpc) is 3.08. The maximum Gasteiger partial charge on any atom is 0.314 e. The third-order valence-electron chi connectivity index (χ3n) is 4.38. The molecule has 1 fully saturated rings. The van der Waals surface area contributed by atoms with Crippen molar-refractivity contribution in [2.75, 3.05) is 0 Å². The van der Waals surface area contributed by atoms with E-state index >= 15 is 0 Å². The molecule has 104 valence electrons. The highest BCUT2D eigenvalue weighted by Crippen LogP contribution is 2.41. The van der Waals surface area contributed by atoms with Crippen molar-refractivity contribution in [1.29, 1.82) is 0 Å². The fourth-order valence-electron chi connectivity index (χ4n) is 3.19. The van der Waals surface area contributed by atoms with Crippen LogP contribution in [0.2, 0.25) is 0 Å². The lowest BCUT2D eigenvalue weighted by Gasteiger charge is -2.24. The monoisotopic (exact) mass is 270 g/mol. The molecule has 0 amide bonds. The first-order valence-electron chi connectivity index (χ1n) is 6.95. The third kappa shape index (κ3) is 1.92. The Hall–Kier alpha value is -2.10. The number of benzene rings is 1. The molecule has 0 radical (unpaired) electrons. The first-order valence-corrected chi connectivity index (χ1v) is 6.95. The van der Waals surface area contributed by atoms with Crippen LogP contribution in [0.1, 0.15) is 31.2 Å². The summed E-state index contributed by atoms with van der Waals surface area (Å²) >= 11 is 0. The van der Waals surface area contributed by atoms with Crippen LogP contribution in [-0.2, 0) is 17.3 Å². The maximum atomic E-state index is 11.7. The summed E-state index contributed by atoms with van der Waals surface area (Å²) in [6.07, 6.45) is 7.13. The lowest BCUT2D eigenvalue weighted by atomic mass is 9.79. The normalized spacial score (nSPS) is 17.2. The van der Waals surface area contributed by atoms with Crippen molar-refractivity contribution in [3.05, 3.63) is 42.2 Å². The number of carbonyl (C=O) groups is 1. The summed E-state index contributed by atoms with van der Waals surface area (Å²) in [5.41, 5.74) is 1.25. The van der Waals surface area contributed by atoms with E-state index in [1.54, 1.807) is 6.20 Å². The molecule has 0 bridgehead atoms. The van der Waals surface area contributed by atoms with E-state index in [1.165, 1.54) is 0 Å². The summed E-state index contributed by atoms with van der Waals surface area (Å²) < 4.78 is 1.96. The topological polar surface area (TPSA) is 55.1 Å². The number of aliphatic carboxylic acids is 1. The van der Waals surface area contributed by atoms with Gasteiger partial charge in [0.15, 0.2) is 0 Å². The van der Waals surface area contributed by atoms with Crippen molar-refractivity contribution in [3.63, 3.8) is 0 Å². The molecule has 4 nitrogen and oxygen atoms in total. The van der Waals surface area contributed by atoms with Crippen LogP contribution in [0.25, 0.3) is 11.4 Å². The van der Waals surface area contributed by atoms with Crippen molar-refractivity contribution >= 4 is 5.97 Å². The summed E-state index contributed by atoms with van der Waals surface area (Å²) in [4.78, 5) is 16.0. The zero-order valence-corrected chi connectivity index (χ0v) is 11.5. The van der Waals surface area contributed by atoms with E-state index in [9.17, 15) is 9.90 Å². The predicted molar refractivity (Wildman–Crippen MR) is 76.4 cm³/mol. The van der Waals surface area contributed by atoms with Gasteiger partial charge in [0, 0.05) is 25.0 Å². The Morgan fingerprint density at radius 2 is 1.90 bits per heavy atom. The van der Waals surface area contributed by atoms with Crippen LogP contribution in [0, 0.1) is 0 Å². The summed E-state index contributed by atoms with van der Waals surface area (Å²) in [5.74, 6) is 0.201. The minimum atomic E-state index is -0.695. The molecule has 0 aliphatic heterocycles. The number of carboxylic acids is 1. The second-order valence-electron chi connectivity index (χ2n) is 5.53. The Balaban J connectivity index is 1.97. The van der Waals surface area contributed by atoms with Gasteiger partial charge in [-0.05, 0) is 18.4 Å². The minimum absolute atomic E-state index is 0.680. The van der Waals surface area contributed by atoms with E-state index in [2.05, 4.69) is 4.98 Å². The van der Waals surface area contributed by atoms with Crippen LogP contribution < -0.4 is 0 Å². The van der Waals surface area contributed by atoms with Gasteiger partial charge in [0.2, 0.25) is 0 Å². The molecule has 1 aliphatic carbocycles.